The van der Waals surface area contributed by atoms with Crippen molar-refractivity contribution in [1.29, 1.82) is 5.26 Å². The number of aromatic nitrogens is 2. The van der Waals surface area contributed by atoms with Crippen molar-refractivity contribution in [2.24, 2.45) is 0 Å². The van der Waals surface area contributed by atoms with E-state index in [0.29, 0.717) is 16.8 Å². The van der Waals surface area contributed by atoms with Gasteiger partial charge in [-0.05, 0) is 29.8 Å². The lowest BCUT2D eigenvalue weighted by Crippen LogP contribution is -2.17. The van der Waals surface area contributed by atoms with Crippen LogP contribution in [0.15, 0.2) is 48.5 Å². The van der Waals surface area contributed by atoms with Crippen LogP contribution in [-0.2, 0) is 6.18 Å². The number of hydrogen-bond acceptors (Lipinski definition) is 4. The minimum absolute atomic E-state index is 0.130. The molecule has 0 saturated carbocycles. The van der Waals surface area contributed by atoms with Gasteiger partial charge in [-0.1, -0.05) is 24.3 Å². The van der Waals surface area contributed by atoms with Crippen molar-refractivity contribution >= 4 is 11.0 Å². The number of hydrogen-bond donors (Lipinski definition) is 0. The molecule has 0 amide bonds. The molecule has 0 spiro atoms. The third kappa shape index (κ3) is 3.24. The van der Waals surface area contributed by atoms with E-state index in [1.165, 1.54) is 13.2 Å². The molecular formula is C18H12F3N3O. The zero-order valence-corrected chi connectivity index (χ0v) is 13.1. The summed E-state index contributed by atoms with van der Waals surface area (Å²) < 4.78 is 45.5. The zero-order valence-electron chi connectivity index (χ0n) is 13.1. The van der Waals surface area contributed by atoms with Crippen LogP contribution >= 0.6 is 0 Å². The van der Waals surface area contributed by atoms with Gasteiger partial charge in [0.05, 0.1) is 29.9 Å². The average molecular weight is 343 g/mol. The molecule has 1 aromatic heterocycles. The molecule has 25 heavy (non-hydrogen) atoms. The first-order valence-electron chi connectivity index (χ1n) is 7.31. The zero-order chi connectivity index (χ0) is 18.0. The van der Waals surface area contributed by atoms with Crippen molar-refractivity contribution in [3.63, 3.8) is 0 Å². The van der Waals surface area contributed by atoms with E-state index in [9.17, 15) is 18.4 Å². The second-order valence-corrected chi connectivity index (χ2v) is 5.28. The van der Waals surface area contributed by atoms with E-state index in [2.05, 4.69) is 9.97 Å². The number of ether oxygens (including phenoxy) is 1. The van der Waals surface area contributed by atoms with Crippen LogP contribution in [-0.4, -0.2) is 17.1 Å². The Bertz CT molecular complexity index is 946. The molecular weight excluding hydrogens is 331 g/mol. The normalized spacial score (nSPS) is 12.6. The van der Waals surface area contributed by atoms with Gasteiger partial charge in [0.25, 0.3) is 0 Å². The Labute approximate surface area is 141 Å². The molecule has 0 unspecified atom stereocenters. The standard InChI is InChI=1S/C18H12F3N3O/c1-25-12-8-6-11(7-9-12)13(10-22)16-17(18(19,20)21)24-15-5-3-2-4-14(15)23-16/h2-9,13H,1H3/t13-/m1/s1. The van der Waals surface area contributed by atoms with Gasteiger partial charge in [0.2, 0.25) is 0 Å². The molecule has 0 fully saturated rings. The quantitative estimate of drug-likeness (QED) is 0.711. The van der Waals surface area contributed by atoms with Crippen LogP contribution in [0.25, 0.3) is 11.0 Å². The summed E-state index contributed by atoms with van der Waals surface area (Å²) in [6.07, 6.45) is -4.71. The SMILES string of the molecule is COc1ccc([C@@H](C#N)c2nc3ccccc3nc2C(F)(F)F)cc1. The number of nitriles is 1. The molecule has 7 heteroatoms. The second kappa shape index (κ2) is 6.40. The van der Waals surface area contributed by atoms with Crippen LogP contribution in [0, 0.1) is 11.3 Å². The number of halogens is 3. The molecule has 4 nitrogen and oxygen atoms in total. The van der Waals surface area contributed by atoms with Crippen LogP contribution < -0.4 is 4.74 Å². The lowest BCUT2D eigenvalue weighted by atomic mass is 9.95. The van der Waals surface area contributed by atoms with Crippen molar-refractivity contribution in [2.75, 3.05) is 7.11 Å². The number of benzene rings is 2. The van der Waals surface area contributed by atoms with Gasteiger partial charge in [-0.3, -0.25) is 0 Å². The Morgan fingerprint density at radius 2 is 1.60 bits per heavy atom. The van der Waals surface area contributed by atoms with Gasteiger partial charge in [-0.25, -0.2) is 9.97 Å². The molecule has 126 valence electrons. The van der Waals surface area contributed by atoms with Gasteiger partial charge in [0.15, 0.2) is 5.69 Å². The van der Waals surface area contributed by atoms with E-state index >= 15 is 0 Å². The molecule has 3 rings (SSSR count). The molecule has 1 atom stereocenters. The van der Waals surface area contributed by atoms with Gasteiger partial charge < -0.3 is 4.74 Å². The monoisotopic (exact) mass is 343 g/mol. The van der Waals surface area contributed by atoms with Gasteiger partial charge in [-0.2, -0.15) is 18.4 Å². The first-order valence-corrected chi connectivity index (χ1v) is 7.31. The van der Waals surface area contributed by atoms with E-state index in [0.717, 1.165) is 0 Å². The highest BCUT2D eigenvalue weighted by atomic mass is 19.4. The molecule has 3 aromatic rings. The fourth-order valence-corrected chi connectivity index (χ4v) is 2.51. The predicted molar refractivity (Wildman–Crippen MR) is 85.0 cm³/mol. The highest BCUT2D eigenvalue weighted by molar-refractivity contribution is 5.74. The summed E-state index contributed by atoms with van der Waals surface area (Å²) in [7, 11) is 1.48. The van der Waals surface area contributed by atoms with Crippen LogP contribution in [0.5, 0.6) is 5.75 Å². The largest absolute Gasteiger partial charge is 0.497 e. The maximum Gasteiger partial charge on any atom is 0.435 e. The fourth-order valence-electron chi connectivity index (χ4n) is 2.51. The van der Waals surface area contributed by atoms with E-state index in [4.69, 9.17) is 4.74 Å². The number of alkyl halides is 3. The number of rotatable bonds is 3. The van der Waals surface area contributed by atoms with E-state index in [1.807, 2.05) is 6.07 Å². The maximum absolute atomic E-state index is 13.5. The van der Waals surface area contributed by atoms with Crippen LogP contribution in [0.3, 0.4) is 0 Å². The summed E-state index contributed by atoms with van der Waals surface area (Å²) in [5, 5.41) is 9.51. The Balaban J connectivity index is 2.21. The molecule has 0 aliphatic heterocycles. The molecule has 0 N–H and O–H groups in total. The minimum atomic E-state index is -4.71. The van der Waals surface area contributed by atoms with Gasteiger partial charge in [0.1, 0.15) is 11.7 Å². The second-order valence-electron chi connectivity index (χ2n) is 5.28. The molecule has 0 aliphatic rings. The Hall–Kier alpha value is -3.14. The fraction of sp³-hybridized carbons (Fsp3) is 0.167. The van der Waals surface area contributed by atoms with Crippen LogP contribution in [0.2, 0.25) is 0 Å². The van der Waals surface area contributed by atoms with Gasteiger partial charge >= 0.3 is 6.18 Å². The van der Waals surface area contributed by atoms with Crippen LogP contribution in [0.4, 0.5) is 13.2 Å². The van der Waals surface area contributed by atoms with E-state index < -0.39 is 23.5 Å². The lowest BCUT2D eigenvalue weighted by Gasteiger charge is -2.16. The maximum atomic E-state index is 13.5. The summed E-state index contributed by atoms with van der Waals surface area (Å²) in [6, 6.07) is 14.4. The molecule has 0 aliphatic carbocycles. The van der Waals surface area contributed by atoms with Crippen molar-refractivity contribution in [1.82, 2.24) is 9.97 Å². The van der Waals surface area contributed by atoms with E-state index in [-0.39, 0.29) is 5.52 Å². The Morgan fingerprint density at radius 3 is 2.12 bits per heavy atom. The molecule has 0 saturated heterocycles. The van der Waals surface area contributed by atoms with Gasteiger partial charge in [0, 0.05) is 0 Å². The van der Waals surface area contributed by atoms with Crippen LogP contribution in [0.1, 0.15) is 22.9 Å². The molecule has 2 aromatic carbocycles. The molecule has 1 heterocycles. The average Bonchev–Trinajstić information content (AvgIpc) is 2.61. The molecule has 0 bridgehead atoms. The molecule has 0 radical (unpaired) electrons. The number of para-hydroxylation sites is 2. The third-order valence-electron chi connectivity index (χ3n) is 3.72. The number of fused-ring (bicyclic) bond motifs is 1. The van der Waals surface area contributed by atoms with Crippen molar-refractivity contribution in [2.45, 2.75) is 12.1 Å². The highest BCUT2D eigenvalue weighted by Gasteiger charge is 2.39. The minimum Gasteiger partial charge on any atom is -0.497 e. The first kappa shape index (κ1) is 16.7. The summed E-state index contributed by atoms with van der Waals surface area (Å²) in [5.74, 6) is -0.652. The highest BCUT2D eigenvalue weighted by Crippen LogP contribution is 2.36. The third-order valence-corrected chi connectivity index (χ3v) is 3.72. The van der Waals surface area contributed by atoms with Gasteiger partial charge in [-0.15, -0.1) is 0 Å². The van der Waals surface area contributed by atoms with E-state index in [1.54, 1.807) is 42.5 Å². The lowest BCUT2D eigenvalue weighted by molar-refractivity contribution is -0.141. The number of methoxy groups -OCH3 is 1. The Morgan fingerprint density at radius 1 is 1.00 bits per heavy atom. The summed E-state index contributed by atoms with van der Waals surface area (Å²) in [6.45, 7) is 0. The predicted octanol–water partition coefficient (Wildman–Crippen LogP) is 4.31. The number of nitrogens with zero attached hydrogens (tertiary/aromatic N) is 3. The summed E-state index contributed by atoms with van der Waals surface area (Å²) in [4.78, 5) is 7.81. The summed E-state index contributed by atoms with van der Waals surface area (Å²) in [5.41, 5.74) is -0.727. The Kier molecular flexibility index (Phi) is 4.28. The smallest absolute Gasteiger partial charge is 0.435 e. The summed E-state index contributed by atoms with van der Waals surface area (Å²) >= 11 is 0. The van der Waals surface area contributed by atoms with Crippen molar-refractivity contribution in [3.05, 3.63) is 65.5 Å². The van der Waals surface area contributed by atoms with Crippen molar-refractivity contribution in [3.8, 4) is 11.8 Å². The first-order chi connectivity index (χ1) is 11.9. The topological polar surface area (TPSA) is 58.8 Å². The van der Waals surface area contributed by atoms with Crippen molar-refractivity contribution < 1.29 is 17.9 Å².